The summed E-state index contributed by atoms with van der Waals surface area (Å²) in [4.78, 5) is 17.9. The van der Waals surface area contributed by atoms with Gasteiger partial charge in [0.2, 0.25) is 5.91 Å². The lowest BCUT2D eigenvalue weighted by Gasteiger charge is -2.48. The van der Waals surface area contributed by atoms with Crippen LogP contribution in [0.15, 0.2) is 12.2 Å². The van der Waals surface area contributed by atoms with E-state index in [1.807, 2.05) is 0 Å². The van der Waals surface area contributed by atoms with E-state index in [1.165, 1.54) is 51.6 Å². The molecule has 0 aromatic heterocycles. The molecule has 0 N–H and O–H groups in total. The standard InChI is InChI=1S/C21H34N2O2/c24-21(18-9-13-25-14-10-18)23-12-8-20-19(16-23)7-4-11-22(20)15-17-5-2-1-3-6-17/h1-2,17-20H,3-16H2/t17-,19-,20+/m1/s1. The average Bonchev–Trinajstić information content (AvgIpc) is 2.69. The van der Waals surface area contributed by atoms with Gasteiger partial charge in [0.15, 0.2) is 0 Å². The van der Waals surface area contributed by atoms with Crippen LogP contribution in [0.25, 0.3) is 0 Å². The lowest BCUT2D eigenvalue weighted by atomic mass is 9.82. The number of ether oxygens (including phenoxy) is 1. The number of rotatable bonds is 3. The van der Waals surface area contributed by atoms with Gasteiger partial charge in [-0.25, -0.2) is 0 Å². The molecule has 3 atom stereocenters. The van der Waals surface area contributed by atoms with Crippen LogP contribution in [-0.4, -0.2) is 61.1 Å². The lowest BCUT2D eigenvalue weighted by Crippen LogP contribution is -2.56. The average molecular weight is 347 g/mol. The summed E-state index contributed by atoms with van der Waals surface area (Å²) < 4.78 is 5.43. The second-order valence-electron chi connectivity index (χ2n) is 8.57. The van der Waals surface area contributed by atoms with E-state index in [-0.39, 0.29) is 5.92 Å². The number of allylic oxidation sites excluding steroid dienone is 2. The molecule has 3 fully saturated rings. The largest absolute Gasteiger partial charge is 0.381 e. The molecule has 1 aliphatic carbocycles. The maximum atomic E-state index is 12.9. The highest BCUT2D eigenvalue weighted by Gasteiger charge is 2.39. The van der Waals surface area contributed by atoms with Crippen LogP contribution in [-0.2, 0) is 9.53 Å². The number of piperidine rings is 2. The Kier molecular flexibility index (Phi) is 5.76. The fourth-order valence-electron chi connectivity index (χ4n) is 5.49. The van der Waals surface area contributed by atoms with Gasteiger partial charge in [-0.3, -0.25) is 9.69 Å². The van der Waals surface area contributed by atoms with E-state index < -0.39 is 0 Å². The van der Waals surface area contributed by atoms with E-state index in [9.17, 15) is 4.79 Å². The first-order chi connectivity index (χ1) is 12.3. The molecule has 0 aromatic rings. The second-order valence-corrected chi connectivity index (χ2v) is 8.57. The molecule has 0 radical (unpaired) electrons. The van der Waals surface area contributed by atoms with Gasteiger partial charge in [0.05, 0.1) is 0 Å². The molecule has 25 heavy (non-hydrogen) atoms. The van der Waals surface area contributed by atoms with Crippen LogP contribution in [0.4, 0.5) is 0 Å². The van der Waals surface area contributed by atoms with E-state index in [1.54, 1.807) is 0 Å². The van der Waals surface area contributed by atoms with E-state index in [0.717, 1.165) is 51.1 Å². The van der Waals surface area contributed by atoms with Crippen molar-refractivity contribution in [3.05, 3.63) is 12.2 Å². The van der Waals surface area contributed by atoms with Crippen LogP contribution in [0, 0.1) is 17.8 Å². The summed E-state index contributed by atoms with van der Waals surface area (Å²) in [5, 5.41) is 0. The lowest BCUT2D eigenvalue weighted by molar-refractivity contribution is -0.142. The van der Waals surface area contributed by atoms with Gasteiger partial charge in [-0.2, -0.15) is 0 Å². The number of carbonyl (C=O) groups excluding carboxylic acids is 1. The van der Waals surface area contributed by atoms with Crippen LogP contribution in [0.2, 0.25) is 0 Å². The van der Waals surface area contributed by atoms with Gasteiger partial charge in [0, 0.05) is 44.8 Å². The normalized spacial score (nSPS) is 34.7. The Morgan fingerprint density at radius 1 is 1.04 bits per heavy atom. The van der Waals surface area contributed by atoms with E-state index in [4.69, 9.17) is 4.74 Å². The minimum atomic E-state index is 0.221. The Balaban J connectivity index is 1.33. The zero-order chi connectivity index (χ0) is 17.1. The Morgan fingerprint density at radius 3 is 2.72 bits per heavy atom. The monoisotopic (exact) mass is 346 g/mol. The number of fused-ring (bicyclic) bond motifs is 1. The van der Waals surface area contributed by atoms with Gasteiger partial charge in [-0.1, -0.05) is 12.2 Å². The fourth-order valence-corrected chi connectivity index (χ4v) is 5.49. The fraction of sp³-hybridized carbons (Fsp3) is 0.857. The maximum Gasteiger partial charge on any atom is 0.225 e. The van der Waals surface area contributed by atoms with E-state index in [0.29, 0.717) is 11.8 Å². The van der Waals surface area contributed by atoms with E-state index in [2.05, 4.69) is 22.0 Å². The minimum absolute atomic E-state index is 0.221. The van der Waals surface area contributed by atoms with Crippen molar-refractivity contribution < 1.29 is 9.53 Å². The number of likely N-dealkylation sites (tertiary alicyclic amines) is 2. The topological polar surface area (TPSA) is 32.8 Å². The van der Waals surface area contributed by atoms with Crippen molar-refractivity contribution in [2.24, 2.45) is 17.8 Å². The molecule has 3 aliphatic heterocycles. The molecule has 4 heteroatoms. The summed E-state index contributed by atoms with van der Waals surface area (Å²) in [5.74, 6) is 2.19. The zero-order valence-corrected chi connectivity index (χ0v) is 15.6. The first-order valence-electron chi connectivity index (χ1n) is 10.6. The Bertz CT molecular complexity index is 486. The highest BCUT2D eigenvalue weighted by Crippen LogP contribution is 2.33. The molecule has 0 saturated carbocycles. The number of hydrogen-bond donors (Lipinski definition) is 0. The highest BCUT2D eigenvalue weighted by atomic mass is 16.5. The smallest absolute Gasteiger partial charge is 0.225 e. The zero-order valence-electron chi connectivity index (χ0n) is 15.6. The van der Waals surface area contributed by atoms with Crippen molar-refractivity contribution in [1.29, 1.82) is 0 Å². The van der Waals surface area contributed by atoms with Gasteiger partial charge in [-0.05, 0) is 69.7 Å². The molecule has 0 bridgehead atoms. The van der Waals surface area contributed by atoms with Crippen LogP contribution in [0.1, 0.15) is 51.4 Å². The molecule has 0 spiro atoms. The highest BCUT2D eigenvalue weighted by molar-refractivity contribution is 5.79. The number of hydrogen-bond acceptors (Lipinski definition) is 3. The molecule has 4 aliphatic rings. The first kappa shape index (κ1) is 17.5. The van der Waals surface area contributed by atoms with Crippen LogP contribution >= 0.6 is 0 Å². The van der Waals surface area contributed by atoms with Gasteiger partial charge >= 0.3 is 0 Å². The maximum absolute atomic E-state index is 12.9. The summed E-state index contributed by atoms with van der Waals surface area (Å²) in [7, 11) is 0. The van der Waals surface area contributed by atoms with Crippen molar-refractivity contribution in [3.63, 3.8) is 0 Å². The van der Waals surface area contributed by atoms with Gasteiger partial charge in [-0.15, -0.1) is 0 Å². The minimum Gasteiger partial charge on any atom is -0.381 e. The van der Waals surface area contributed by atoms with Gasteiger partial charge in [0.25, 0.3) is 0 Å². The third kappa shape index (κ3) is 4.11. The van der Waals surface area contributed by atoms with Gasteiger partial charge in [0.1, 0.15) is 0 Å². The Labute approximate surface area is 152 Å². The molecule has 140 valence electrons. The molecule has 3 saturated heterocycles. The molecular formula is C21H34N2O2. The Morgan fingerprint density at radius 2 is 1.92 bits per heavy atom. The third-order valence-corrected chi connectivity index (χ3v) is 6.94. The first-order valence-corrected chi connectivity index (χ1v) is 10.6. The summed E-state index contributed by atoms with van der Waals surface area (Å²) in [6.45, 7) is 6.05. The van der Waals surface area contributed by atoms with Crippen LogP contribution in [0.3, 0.4) is 0 Å². The predicted octanol–water partition coefficient (Wildman–Crippen LogP) is 3.08. The van der Waals surface area contributed by atoms with Crippen molar-refractivity contribution in [1.82, 2.24) is 9.80 Å². The Hall–Kier alpha value is -0.870. The number of nitrogens with zero attached hydrogens (tertiary/aromatic N) is 2. The van der Waals surface area contributed by atoms with Gasteiger partial charge < -0.3 is 9.64 Å². The molecule has 4 nitrogen and oxygen atoms in total. The summed E-state index contributed by atoms with van der Waals surface area (Å²) in [5.41, 5.74) is 0. The van der Waals surface area contributed by atoms with Crippen molar-refractivity contribution in [2.75, 3.05) is 39.4 Å². The van der Waals surface area contributed by atoms with Crippen molar-refractivity contribution in [3.8, 4) is 0 Å². The molecular weight excluding hydrogens is 312 g/mol. The second kappa shape index (κ2) is 8.22. The summed E-state index contributed by atoms with van der Waals surface area (Å²) in [6, 6.07) is 0.721. The van der Waals surface area contributed by atoms with E-state index >= 15 is 0 Å². The summed E-state index contributed by atoms with van der Waals surface area (Å²) in [6.07, 6.45) is 14.3. The SMILES string of the molecule is O=C(C1CCOCC1)N1CC[C@H]2[C@H](CCCN2C[C@@H]2CC=CCC2)C1. The number of carbonyl (C=O) groups is 1. The molecule has 3 heterocycles. The quantitative estimate of drug-likeness (QED) is 0.736. The van der Waals surface area contributed by atoms with Crippen LogP contribution in [0.5, 0.6) is 0 Å². The molecule has 0 unspecified atom stereocenters. The van der Waals surface area contributed by atoms with Crippen molar-refractivity contribution >= 4 is 5.91 Å². The molecule has 1 amide bonds. The third-order valence-electron chi connectivity index (χ3n) is 6.94. The predicted molar refractivity (Wildman–Crippen MR) is 99.3 cm³/mol. The number of amides is 1. The molecule has 4 rings (SSSR count). The molecule has 0 aromatic carbocycles. The summed E-state index contributed by atoms with van der Waals surface area (Å²) >= 11 is 0. The van der Waals surface area contributed by atoms with Crippen LogP contribution < -0.4 is 0 Å². The van der Waals surface area contributed by atoms with Crippen molar-refractivity contribution in [2.45, 2.75) is 57.4 Å².